The maximum atomic E-state index is 12.6. The van der Waals surface area contributed by atoms with Gasteiger partial charge >= 0.3 is 12.1 Å². The van der Waals surface area contributed by atoms with E-state index >= 15 is 0 Å². The van der Waals surface area contributed by atoms with Crippen LogP contribution in [0.5, 0.6) is 0 Å². The van der Waals surface area contributed by atoms with Gasteiger partial charge in [-0.15, -0.1) is 0 Å². The average Bonchev–Trinajstić information content (AvgIpc) is 2.55. The zero-order valence-electron chi connectivity index (χ0n) is 12.4. The largest absolute Gasteiger partial charge is 0.468 e. The maximum absolute atomic E-state index is 12.6. The van der Waals surface area contributed by atoms with Crippen molar-refractivity contribution in [3.63, 3.8) is 0 Å². The third-order valence-corrected chi connectivity index (χ3v) is 3.36. The van der Waals surface area contributed by atoms with E-state index < -0.39 is 23.8 Å². The molecule has 0 fully saturated rings. The molecular weight excluding hydrogens is 307 g/mol. The Balaban J connectivity index is 2.16. The van der Waals surface area contributed by atoms with Gasteiger partial charge in [0.1, 0.15) is 6.04 Å². The SMILES string of the molecule is COC(=O)C(NCc1ccccc1)c1ccc(C(F)(F)F)cc1. The second-order valence-electron chi connectivity index (χ2n) is 4.94. The Morgan fingerprint density at radius 3 is 2.22 bits per heavy atom. The lowest BCUT2D eigenvalue weighted by Gasteiger charge is -2.17. The third kappa shape index (κ3) is 4.56. The molecule has 1 atom stereocenters. The molecule has 0 spiro atoms. The normalized spacial score (nSPS) is 12.7. The molecule has 1 unspecified atom stereocenters. The monoisotopic (exact) mass is 323 g/mol. The summed E-state index contributed by atoms with van der Waals surface area (Å²) in [7, 11) is 1.24. The van der Waals surface area contributed by atoms with E-state index in [4.69, 9.17) is 4.74 Å². The van der Waals surface area contributed by atoms with Crippen LogP contribution < -0.4 is 5.32 Å². The number of carbonyl (C=O) groups is 1. The molecule has 23 heavy (non-hydrogen) atoms. The van der Waals surface area contributed by atoms with Gasteiger partial charge in [0.2, 0.25) is 0 Å². The van der Waals surface area contributed by atoms with E-state index in [0.717, 1.165) is 17.7 Å². The molecule has 0 saturated heterocycles. The fourth-order valence-electron chi connectivity index (χ4n) is 2.14. The van der Waals surface area contributed by atoms with Gasteiger partial charge in [-0.05, 0) is 23.3 Å². The maximum Gasteiger partial charge on any atom is 0.416 e. The first-order chi connectivity index (χ1) is 10.9. The highest BCUT2D eigenvalue weighted by molar-refractivity contribution is 5.77. The summed E-state index contributed by atoms with van der Waals surface area (Å²) >= 11 is 0. The predicted octanol–water partition coefficient (Wildman–Crippen LogP) is 3.71. The Morgan fingerprint density at radius 1 is 1.09 bits per heavy atom. The summed E-state index contributed by atoms with van der Waals surface area (Å²) in [4.78, 5) is 11.9. The highest BCUT2D eigenvalue weighted by atomic mass is 19.4. The third-order valence-electron chi connectivity index (χ3n) is 3.36. The molecule has 0 aliphatic rings. The Kier molecular flexibility index (Phi) is 5.39. The summed E-state index contributed by atoms with van der Waals surface area (Å²) in [6.07, 6.45) is -4.41. The van der Waals surface area contributed by atoms with Crippen LogP contribution in [0.25, 0.3) is 0 Å². The summed E-state index contributed by atoms with van der Waals surface area (Å²) in [5.74, 6) is -0.555. The van der Waals surface area contributed by atoms with Gasteiger partial charge in [-0.1, -0.05) is 42.5 Å². The molecule has 2 rings (SSSR count). The van der Waals surface area contributed by atoms with E-state index in [2.05, 4.69) is 5.32 Å². The number of halogens is 3. The zero-order valence-corrected chi connectivity index (χ0v) is 12.4. The van der Waals surface area contributed by atoms with Crippen LogP contribution in [0.4, 0.5) is 13.2 Å². The van der Waals surface area contributed by atoms with Gasteiger partial charge in [-0.2, -0.15) is 13.2 Å². The minimum Gasteiger partial charge on any atom is -0.468 e. The number of methoxy groups -OCH3 is 1. The highest BCUT2D eigenvalue weighted by Gasteiger charge is 2.30. The lowest BCUT2D eigenvalue weighted by Crippen LogP contribution is -2.29. The van der Waals surface area contributed by atoms with Crippen LogP contribution in [0.1, 0.15) is 22.7 Å². The van der Waals surface area contributed by atoms with Crippen molar-refractivity contribution in [1.82, 2.24) is 5.32 Å². The summed E-state index contributed by atoms with van der Waals surface area (Å²) < 4.78 is 42.6. The molecule has 0 bridgehead atoms. The molecule has 3 nitrogen and oxygen atoms in total. The van der Waals surface area contributed by atoms with Gasteiger partial charge in [0.25, 0.3) is 0 Å². The van der Waals surface area contributed by atoms with E-state index in [1.165, 1.54) is 19.2 Å². The van der Waals surface area contributed by atoms with Crippen molar-refractivity contribution < 1.29 is 22.7 Å². The Morgan fingerprint density at radius 2 is 1.70 bits per heavy atom. The number of esters is 1. The van der Waals surface area contributed by atoms with E-state index in [1.807, 2.05) is 30.3 Å². The highest BCUT2D eigenvalue weighted by Crippen LogP contribution is 2.30. The Bertz CT molecular complexity index is 639. The molecule has 0 saturated carbocycles. The second kappa shape index (κ2) is 7.28. The molecule has 0 aliphatic heterocycles. The second-order valence-corrected chi connectivity index (χ2v) is 4.94. The molecule has 1 N–H and O–H groups in total. The van der Waals surface area contributed by atoms with Gasteiger partial charge in [-0.25, -0.2) is 4.79 Å². The molecular formula is C17H16F3NO2. The number of hydrogen-bond donors (Lipinski definition) is 1. The van der Waals surface area contributed by atoms with Crippen molar-refractivity contribution in [1.29, 1.82) is 0 Å². The van der Waals surface area contributed by atoms with Crippen molar-refractivity contribution in [2.45, 2.75) is 18.8 Å². The number of hydrogen-bond acceptors (Lipinski definition) is 3. The van der Waals surface area contributed by atoms with Gasteiger partial charge in [0.15, 0.2) is 0 Å². The van der Waals surface area contributed by atoms with E-state index in [0.29, 0.717) is 12.1 Å². The number of alkyl halides is 3. The van der Waals surface area contributed by atoms with Crippen molar-refractivity contribution in [2.24, 2.45) is 0 Å². The number of carbonyl (C=O) groups excluding carboxylic acids is 1. The Labute approximate surface area is 132 Å². The molecule has 0 aromatic heterocycles. The first kappa shape index (κ1) is 17.0. The topological polar surface area (TPSA) is 38.3 Å². The summed E-state index contributed by atoms with van der Waals surface area (Å²) in [5, 5.41) is 3.01. The fourth-order valence-corrected chi connectivity index (χ4v) is 2.14. The van der Waals surface area contributed by atoms with Crippen LogP contribution in [0.15, 0.2) is 54.6 Å². The van der Waals surface area contributed by atoms with Crippen LogP contribution >= 0.6 is 0 Å². The van der Waals surface area contributed by atoms with Gasteiger partial charge in [0.05, 0.1) is 12.7 Å². The molecule has 6 heteroatoms. The number of nitrogens with one attached hydrogen (secondary N) is 1. The quantitative estimate of drug-likeness (QED) is 0.853. The number of ether oxygens (including phenoxy) is 1. The van der Waals surface area contributed by atoms with Crippen LogP contribution in [0, 0.1) is 0 Å². The molecule has 0 heterocycles. The lowest BCUT2D eigenvalue weighted by atomic mass is 10.0. The molecule has 2 aromatic carbocycles. The zero-order chi connectivity index (χ0) is 16.9. The van der Waals surface area contributed by atoms with E-state index in [1.54, 1.807) is 0 Å². The van der Waals surface area contributed by atoms with E-state index in [9.17, 15) is 18.0 Å². The predicted molar refractivity (Wildman–Crippen MR) is 79.5 cm³/mol. The van der Waals surface area contributed by atoms with Crippen molar-refractivity contribution in [2.75, 3.05) is 7.11 Å². The van der Waals surface area contributed by atoms with Crippen LogP contribution in [0.2, 0.25) is 0 Å². The van der Waals surface area contributed by atoms with Crippen LogP contribution in [-0.2, 0) is 22.3 Å². The Hall–Kier alpha value is -2.34. The standard InChI is InChI=1S/C17H16F3NO2/c1-23-16(22)15(21-11-12-5-3-2-4-6-12)13-7-9-14(10-8-13)17(18,19)20/h2-10,15,21H,11H2,1H3. The van der Waals surface area contributed by atoms with Crippen molar-refractivity contribution >= 4 is 5.97 Å². The molecule has 0 amide bonds. The molecule has 2 aromatic rings. The summed E-state index contributed by atoms with van der Waals surface area (Å²) in [6, 6.07) is 13.0. The first-order valence-corrected chi connectivity index (χ1v) is 6.94. The van der Waals surface area contributed by atoms with Crippen LogP contribution in [-0.4, -0.2) is 13.1 Å². The molecule has 122 valence electrons. The lowest BCUT2D eigenvalue weighted by molar-refractivity contribution is -0.143. The smallest absolute Gasteiger partial charge is 0.416 e. The number of rotatable bonds is 5. The van der Waals surface area contributed by atoms with Gasteiger partial charge in [0, 0.05) is 6.54 Å². The fraction of sp³-hybridized carbons (Fsp3) is 0.235. The summed E-state index contributed by atoms with van der Waals surface area (Å²) in [5.41, 5.74) is 0.613. The summed E-state index contributed by atoms with van der Waals surface area (Å²) in [6.45, 7) is 0.391. The minimum absolute atomic E-state index is 0.391. The van der Waals surface area contributed by atoms with Crippen molar-refractivity contribution in [3.05, 3.63) is 71.3 Å². The molecule has 0 aliphatic carbocycles. The van der Waals surface area contributed by atoms with Gasteiger partial charge < -0.3 is 4.74 Å². The molecule has 0 radical (unpaired) electrons. The number of benzene rings is 2. The minimum atomic E-state index is -4.41. The van der Waals surface area contributed by atoms with Gasteiger partial charge in [-0.3, -0.25) is 5.32 Å². The van der Waals surface area contributed by atoms with Crippen LogP contribution in [0.3, 0.4) is 0 Å². The van der Waals surface area contributed by atoms with E-state index in [-0.39, 0.29) is 0 Å². The average molecular weight is 323 g/mol. The van der Waals surface area contributed by atoms with Crippen molar-refractivity contribution in [3.8, 4) is 0 Å². The first-order valence-electron chi connectivity index (χ1n) is 6.94.